The van der Waals surface area contributed by atoms with E-state index in [1.165, 1.54) is 6.08 Å². The van der Waals surface area contributed by atoms with Crippen LogP contribution in [0.2, 0.25) is 0 Å². The number of aliphatic imine (C=N–C) groups is 1. The van der Waals surface area contributed by atoms with Crippen LogP contribution in [0.25, 0.3) is 0 Å². The lowest BCUT2D eigenvalue weighted by Crippen LogP contribution is -2.27. The number of rotatable bonds is 10. The average molecular weight is 233 g/mol. The standard InChI is InChI=1S/C9H19NO4Si/c1-3-12-15(13-4-2)14-8-6-5-7-10-9-11/h15H,3-8H2,1-2H3. The van der Waals surface area contributed by atoms with Gasteiger partial charge < -0.3 is 13.3 Å². The first kappa shape index (κ1) is 14.5. The Labute approximate surface area is 92.4 Å². The highest BCUT2D eigenvalue weighted by molar-refractivity contribution is 6.36. The fourth-order valence-electron chi connectivity index (χ4n) is 0.935. The summed E-state index contributed by atoms with van der Waals surface area (Å²) in [4.78, 5) is 13.2. The Morgan fingerprint density at radius 2 is 1.80 bits per heavy atom. The van der Waals surface area contributed by atoms with Crippen LogP contribution in [-0.4, -0.2) is 42.0 Å². The summed E-state index contributed by atoms with van der Waals surface area (Å²) in [5.41, 5.74) is 0. The minimum Gasteiger partial charge on any atom is -0.376 e. The van der Waals surface area contributed by atoms with E-state index in [2.05, 4.69) is 4.99 Å². The molecule has 0 aromatic rings. The second kappa shape index (κ2) is 11.6. The first-order valence-corrected chi connectivity index (χ1v) is 6.65. The van der Waals surface area contributed by atoms with Crippen molar-refractivity contribution in [3.63, 3.8) is 0 Å². The first-order chi connectivity index (χ1) is 7.35. The number of hydrogen-bond donors (Lipinski definition) is 0. The molecule has 0 aromatic carbocycles. The molecular weight excluding hydrogens is 214 g/mol. The van der Waals surface area contributed by atoms with Gasteiger partial charge in [-0.2, -0.15) is 0 Å². The minimum absolute atomic E-state index is 0.516. The summed E-state index contributed by atoms with van der Waals surface area (Å²) in [6.45, 7) is 6.19. The number of isocyanates is 1. The van der Waals surface area contributed by atoms with Gasteiger partial charge in [0.25, 0.3) is 0 Å². The van der Waals surface area contributed by atoms with Gasteiger partial charge >= 0.3 is 9.53 Å². The lowest BCUT2D eigenvalue weighted by molar-refractivity contribution is 0.101. The summed E-state index contributed by atoms with van der Waals surface area (Å²) in [6, 6.07) is 0. The molecule has 0 aromatic heterocycles. The molecule has 0 saturated heterocycles. The van der Waals surface area contributed by atoms with Crippen LogP contribution in [0.3, 0.4) is 0 Å². The van der Waals surface area contributed by atoms with Crippen molar-refractivity contribution in [1.29, 1.82) is 0 Å². The maximum absolute atomic E-state index is 9.76. The molecule has 0 amide bonds. The Morgan fingerprint density at radius 3 is 2.33 bits per heavy atom. The molecule has 0 rings (SSSR count). The lowest BCUT2D eigenvalue weighted by Gasteiger charge is -2.14. The largest absolute Gasteiger partial charge is 0.484 e. The van der Waals surface area contributed by atoms with Crippen molar-refractivity contribution in [3.05, 3.63) is 0 Å². The Kier molecular flexibility index (Phi) is 11.1. The van der Waals surface area contributed by atoms with E-state index in [4.69, 9.17) is 13.3 Å². The molecule has 0 N–H and O–H groups in total. The highest BCUT2D eigenvalue weighted by atomic mass is 28.3. The molecule has 0 unspecified atom stereocenters. The van der Waals surface area contributed by atoms with Gasteiger partial charge in [-0.1, -0.05) is 0 Å². The second-order valence-corrected chi connectivity index (χ2v) is 4.33. The summed E-state index contributed by atoms with van der Waals surface area (Å²) in [5.74, 6) is 0. The number of carbonyl (C=O) groups excluding carboxylic acids is 1. The van der Waals surface area contributed by atoms with Crippen LogP contribution < -0.4 is 0 Å². The molecule has 0 aliphatic carbocycles. The zero-order valence-electron chi connectivity index (χ0n) is 9.40. The molecule has 0 spiro atoms. The van der Waals surface area contributed by atoms with Gasteiger partial charge in [-0.05, 0) is 26.7 Å². The molecule has 0 aliphatic rings. The van der Waals surface area contributed by atoms with Gasteiger partial charge in [0.15, 0.2) is 0 Å². The van der Waals surface area contributed by atoms with Crippen LogP contribution in [0, 0.1) is 0 Å². The van der Waals surface area contributed by atoms with Crippen molar-refractivity contribution in [3.8, 4) is 0 Å². The smallest absolute Gasteiger partial charge is 0.376 e. The summed E-state index contributed by atoms with van der Waals surface area (Å²) in [5, 5.41) is 0. The summed E-state index contributed by atoms with van der Waals surface area (Å²) < 4.78 is 16.1. The van der Waals surface area contributed by atoms with Crippen molar-refractivity contribution in [2.45, 2.75) is 26.7 Å². The Bertz CT molecular complexity index is 179. The Morgan fingerprint density at radius 1 is 1.13 bits per heavy atom. The van der Waals surface area contributed by atoms with Gasteiger partial charge in [-0.3, -0.25) is 0 Å². The van der Waals surface area contributed by atoms with Gasteiger partial charge in [0.05, 0.1) is 6.54 Å². The average Bonchev–Trinajstić information content (AvgIpc) is 2.24. The molecule has 15 heavy (non-hydrogen) atoms. The fraction of sp³-hybridized carbons (Fsp3) is 0.889. The van der Waals surface area contributed by atoms with Crippen molar-refractivity contribution in [1.82, 2.24) is 0 Å². The van der Waals surface area contributed by atoms with Crippen LogP contribution in [0.1, 0.15) is 26.7 Å². The molecule has 0 atom stereocenters. The quantitative estimate of drug-likeness (QED) is 0.243. The minimum atomic E-state index is -1.90. The van der Waals surface area contributed by atoms with E-state index in [0.717, 1.165) is 12.8 Å². The van der Waals surface area contributed by atoms with E-state index in [9.17, 15) is 4.79 Å². The van der Waals surface area contributed by atoms with Gasteiger partial charge in [-0.15, -0.1) is 0 Å². The van der Waals surface area contributed by atoms with Crippen molar-refractivity contribution < 1.29 is 18.1 Å². The van der Waals surface area contributed by atoms with Crippen LogP contribution in [0.4, 0.5) is 0 Å². The van der Waals surface area contributed by atoms with Gasteiger partial charge in [-0.25, -0.2) is 9.79 Å². The van der Waals surface area contributed by atoms with Gasteiger partial charge in [0.2, 0.25) is 6.08 Å². The maximum Gasteiger partial charge on any atom is 0.484 e. The third-order valence-electron chi connectivity index (χ3n) is 1.59. The maximum atomic E-state index is 9.76. The fourth-order valence-corrected chi connectivity index (χ4v) is 2.13. The van der Waals surface area contributed by atoms with Crippen LogP contribution in [0.5, 0.6) is 0 Å². The van der Waals surface area contributed by atoms with Crippen LogP contribution in [0.15, 0.2) is 4.99 Å². The zero-order valence-corrected chi connectivity index (χ0v) is 10.6. The zero-order chi connectivity index (χ0) is 11.4. The van der Waals surface area contributed by atoms with Gasteiger partial charge in [0, 0.05) is 19.8 Å². The second-order valence-electron chi connectivity index (χ2n) is 2.75. The number of nitrogens with zero attached hydrogens (tertiary/aromatic N) is 1. The lowest BCUT2D eigenvalue weighted by atomic mass is 10.3. The number of hydrogen-bond acceptors (Lipinski definition) is 5. The summed E-state index contributed by atoms with van der Waals surface area (Å²) in [6.07, 6.45) is 3.19. The third-order valence-corrected chi connectivity index (χ3v) is 3.31. The van der Waals surface area contributed by atoms with Crippen molar-refractivity contribution in [2.75, 3.05) is 26.4 Å². The van der Waals surface area contributed by atoms with Crippen LogP contribution in [-0.2, 0) is 18.1 Å². The van der Waals surface area contributed by atoms with E-state index >= 15 is 0 Å². The van der Waals surface area contributed by atoms with Gasteiger partial charge in [0.1, 0.15) is 0 Å². The topological polar surface area (TPSA) is 57.1 Å². The summed E-state index contributed by atoms with van der Waals surface area (Å²) >= 11 is 0. The first-order valence-electron chi connectivity index (χ1n) is 5.23. The molecule has 5 nitrogen and oxygen atoms in total. The van der Waals surface area contributed by atoms with E-state index in [1.54, 1.807) is 0 Å². The molecule has 88 valence electrons. The van der Waals surface area contributed by atoms with Crippen LogP contribution >= 0.6 is 0 Å². The Hall–Kier alpha value is -0.523. The highest BCUT2D eigenvalue weighted by Gasteiger charge is 2.12. The van der Waals surface area contributed by atoms with E-state index in [-0.39, 0.29) is 0 Å². The predicted molar refractivity (Wildman–Crippen MR) is 58.6 cm³/mol. The number of unbranched alkanes of at least 4 members (excludes halogenated alkanes) is 1. The molecule has 0 fully saturated rings. The normalized spacial score (nSPS) is 10.3. The summed E-state index contributed by atoms with van der Waals surface area (Å²) in [7, 11) is -1.90. The Balaban J connectivity index is 3.39. The van der Waals surface area contributed by atoms with E-state index in [1.807, 2.05) is 13.8 Å². The molecule has 0 bridgehead atoms. The third kappa shape index (κ3) is 9.77. The highest BCUT2D eigenvalue weighted by Crippen LogP contribution is 1.96. The van der Waals surface area contributed by atoms with Crippen molar-refractivity contribution >= 4 is 15.6 Å². The van der Waals surface area contributed by atoms with Crippen molar-refractivity contribution in [2.24, 2.45) is 4.99 Å². The molecule has 0 saturated carbocycles. The predicted octanol–water partition coefficient (Wildman–Crippen LogP) is 0.909. The van der Waals surface area contributed by atoms with E-state index < -0.39 is 9.53 Å². The SMILES string of the molecule is CCO[SiH](OCC)OCCCCN=C=O. The molecule has 0 aliphatic heterocycles. The molecule has 0 heterocycles. The monoisotopic (exact) mass is 233 g/mol. The molecule has 0 radical (unpaired) electrons. The van der Waals surface area contributed by atoms with E-state index in [0.29, 0.717) is 26.4 Å². The molecule has 6 heteroatoms. The molecular formula is C9H19NO4Si.